The lowest BCUT2D eigenvalue weighted by Gasteiger charge is -2.24. The number of hydrogen-bond acceptors (Lipinski definition) is 1. The van der Waals surface area contributed by atoms with E-state index in [1.165, 1.54) is 44.9 Å². The number of terminal acetylenes is 1. The van der Waals surface area contributed by atoms with Crippen molar-refractivity contribution >= 4 is 0 Å². The zero-order chi connectivity index (χ0) is 11.6. The van der Waals surface area contributed by atoms with Gasteiger partial charge in [-0.3, -0.25) is 0 Å². The van der Waals surface area contributed by atoms with Crippen molar-refractivity contribution in [2.45, 2.75) is 70.8 Å². The predicted molar refractivity (Wildman–Crippen MR) is 71.3 cm³/mol. The third-order valence-corrected chi connectivity index (χ3v) is 3.78. The smallest absolute Gasteiger partial charge is 0.0101 e. The third-order valence-electron chi connectivity index (χ3n) is 3.78. The van der Waals surface area contributed by atoms with E-state index in [2.05, 4.69) is 18.2 Å². The normalized spacial score (nSPS) is 19.2. The van der Waals surface area contributed by atoms with Crippen molar-refractivity contribution in [3.8, 4) is 12.3 Å². The molecule has 0 aliphatic heterocycles. The van der Waals surface area contributed by atoms with Gasteiger partial charge < -0.3 is 5.32 Å². The molecule has 0 heterocycles. The lowest BCUT2D eigenvalue weighted by atomic mass is 9.85. The molecule has 1 N–H and O–H groups in total. The zero-order valence-corrected chi connectivity index (χ0v) is 10.8. The van der Waals surface area contributed by atoms with Gasteiger partial charge in [0.05, 0.1) is 0 Å². The van der Waals surface area contributed by atoms with Crippen LogP contribution in [0.2, 0.25) is 0 Å². The van der Waals surface area contributed by atoms with Crippen molar-refractivity contribution in [2.75, 3.05) is 6.54 Å². The molecular weight excluding hydrogens is 194 g/mol. The molecule has 1 saturated carbocycles. The summed E-state index contributed by atoms with van der Waals surface area (Å²) in [5.74, 6) is 3.76. The summed E-state index contributed by atoms with van der Waals surface area (Å²) in [5, 5.41) is 3.56. The number of rotatable bonds is 7. The molecule has 1 unspecified atom stereocenters. The molecule has 0 saturated heterocycles. The van der Waals surface area contributed by atoms with E-state index in [9.17, 15) is 0 Å². The van der Waals surface area contributed by atoms with Crippen LogP contribution in [0.1, 0.15) is 64.7 Å². The first-order chi connectivity index (χ1) is 7.86. The highest BCUT2D eigenvalue weighted by Crippen LogP contribution is 2.28. The molecule has 0 radical (unpaired) electrons. The van der Waals surface area contributed by atoms with E-state index in [1.807, 2.05) is 0 Å². The molecule has 0 aromatic carbocycles. The van der Waals surface area contributed by atoms with Gasteiger partial charge in [-0.15, -0.1) is 12.3 Å². The van der Waals surface area contributed by atoms with Gasteiger partial charge in [-0.1, -0.05) is 39.0 Å². The first kappa shape index (κ1) is 13.6. The van der Waals surface area contributed by atoms with Crippen LogP contribution in [0.15, 0.2) is 0 Å². The topological polar surface area (TPSA) is 12.0 Å². The van der Waals surface area contributed by atoms with Crippen LogP contribution in [0, 0.1) is 18.3 Å². The van der Waals surface area contributed by atoms with Gasteiger partial charge in [0, 0.05) is 12.5 Å². The Hall–Kier alpha value is -0.480. The maximum absolute atomic E-state index is 5.33. The maximum Gasteiger partial charge on any atom is 0.0101 e. The van der Waals surface area contributed by atoms with Crippen molar-refractivity contribution in [1.29, 1.82) is 0 Å². The van der Waals surface area contributed by atoms with Gasteiger partial charge in [-0.2, -0.15) is 0 Å². The van der Waals surface area contributed by atoms with Gasteiger partial charge >= 0.3 is 0 Å². The van der Waals surface area contributed by atoms with Gasteiger partial charge in [0.2, 0.25) is 0 Å². The lowest BCUT2D eigenvalue weighted by molar-refractivity contribution is 0.310. The van der Waals surface area contributed by atoms with Crippen molar-refractivity contribution in [3.63, 3.8) is 0 Å². The number of nitrogens with one attached hydrogen (secondary N) is 1. The lowest BCUT2D eigenvalue weighted by Crippen LogP contribution is -2.29. The largest absolute Gasteiger partial charge is 0.314 e. The molecule has 1 fully saturated rings. The molecule has 1 heteroatoms. The predicted octanol–water partition coefficient (Wildman–Crippen LogP) is 3.74. The third kappa shape index (κ3) is 5.56. The fourth-order valence-electron chi connectivity index (χ4n) is 2.81. The Kier molecular flexibility index (Phi) is 7.34. The molecule has 92 valence electrons. The maximum atomic E-state index is 5.33. The second kappa shape index (κ2) is 8.65. The van der Waals surface area contributed by atoms with E-state index in [4.69, 9.17) is 6.42 Å². The summed E-state index contributed by atoms with van der Waals surface area (Å²) >= 11 is 0. The minimum absolute atomic E-state index is 0.656. The standard InChI is InChI=1S/C15H27N/c1-3-5-11-15(16-4-2)13-12-14-9-7-6-8-10-14/h1,14-16H,4-13H2,2H3. The Morgan fingerprint density at radius 1 is 1.25 bits per heavy atom. The van der Waals surface area contributed by atoms with Gasteiger partial charge in [0.25, 0.3) is 0 Å². The summed E-state index contributed by atoms with van der Waals surface area (Å²) in [7, 11) is 0. The zero-order valence-electron chi connectivity index (χ0n) is 10.8. The van der Waals surface area contributed by atoms with E-state index in [-0.39, 0.29) is 0 Å². The first-order valence-electron chi connectivity index (χ1n) is 7.03. The quantitative estimate of drug-likeness (QED) is 0.646. The molecular formula is C15H27N. The van der Waals surface area contributed by atoms with Crippen LogP contribution in [0.3, 0.4) is 0 Å². The summed E-state index contributed by atoms with van der Waals surface area (Å²) in [6.07, 6.45) is 17.4. The average Bonchev–Trinajstić information content (AvgIpc) is 2.34. The van der Waals surface area contributed by atoms with E-state index in [0.29, 0.717) is 6.04 Å². The summed E-state index contributed by atoms with van der Waals surface area (Å²) in [6, 6.07) is 0.656. The van der Waals surface area contributed by atoms with Crippen LogP contribution >= 0.6 is 0 Å². The SMILES string of the molecule is C#CCCC(CCC1CCCCC1)NCC. The molecule has 0 spiro atoms. The van der Waals surface area contributed by atoms with Crippen LogP contribution in [-0.4, -0.2) is 12.6 Å². The highest BCUT2D eigenvalue weighted by molar-refractivity contribution is 4.85. The van der Waals surface area contributed by atoms with Gasteiger partial charge in [0.15, 0.2) is 0 Å². The molecule has 1 nitrogen and oxygen atoms in total. The Balaban J connectivity index is 2.17. The van der Waals surface area contributed by atoms with Gasteiger partial charge in [-0.05, 0) is 31.7 Å². The minimum Gasteiger partial charge on any atom is -0.314 e. The average molecular weight is 221 g/mol. The second-order valence-electron chi connectivity index (χ2n) is 5.08. The summed E-state index contributed by atoms with van der Waals surface area (Å²) in [5.41, 5.74) is 0. The Bertz CT molecular complexity index is 198. The summed E-state index contributed by atoms with van der Waals surface area (Å²) in [6.45, 7) is 3.25. The molecule has 0 aromatic heterocycles. The monoisotopic (exact) mass is 221 g/mol. The minimum atomic E-state index is 0.656. The number of hydrogen-bond donors (Lipinski definition) is 1. The summed E-state index contributed by atoms with van der Waals surface area (Å²) < 4.78 is 0. The molecule has 0 amide bonds. The van der Waals surface area contributed by atoms with E-state index >= 15 is 0 Å². The van der Waals surface area contributed by atoms with Crippen LogP contribution in [0.5, 0.6) is 0 Å². The van der Waals surface area contributed by atoms with Crippen LogP contribution < -0.4 is 5.32 Å². The Morgan fingerprint density at radius 2 is 2.00 bits per heavy atom. The molecule has 1 rings (SSSR count). The second-order valence-corrected chi connectivity index (χ2v) is 5.08. The van der Waals surface area contributed by atoms with Crippen molar-refractivity contribution in [3.05, 3.63) is 0 Å². The fraction of sp³-hybridized carbons (Fsp3) is 0.867. The first-order valence-corrected chi connectivity index (χ1v) is 7.03. The van der Waals surface area contributed by atoms with E-state index < -0.39 is 0 Å². The molecule has 1 aliphatic carbocycles. The van der Waals surface area contributed by atoms with Crippen molar-refractivity contribution in [2.24, 2.45) is 5.92 Å². The highest BCUT2D eigenvalue weighted by Gasteiger charge is 2.15. The van der Waals surface area contributed by atoms with Crippen LogP contribution in [0.4, 0.5) is 0 Å². The molecule has 0 aromatic rings. The highest BCUT2D eigenvalue weighted by atomic mass is 14.9. The molecule has 0 bridgehead atoms. The fourth-order valence-corrected chi connectivity index (χ4v) is 2.81. The van der Waals surface area contributed by atoms with Crippen molar-refractivity contribution < 1.29 is 0 Å². The van der Waals surface area contributed by atoms with E-state index in [1.54, 1.807) is 0 Å². The van der Waals surface area contributed by atoms with Crippen molar-refractivity contribution in [1.82, 2.24) is 5.32 Å². The molecule has 16 heavy (non-hydrogen) atoms. The Morgan fingerprint density at radius 3 is 2.62 bits per heavy atom. The van der Waals surface area contributed by atoms with Gasteiger partial charge in [-0.25, -0.2) is 0 Å². The van der Waals surface area contributed by atoms with E-state index in [0.717, 1.165) is 25.3 Å². The van der Waals surface area contributed by atoms with Gasteiger partial charge in [0.1, 0.15) is 0 Å². The van der Waals surface area contributed by atoms with Crippen LogP contribution in [0.25, 0.3) is 0 Å². The Labute approximate surface area is 101 Å². The molecule has 1 atom stereocenters. The molecule has 1 aliphatic rings. The van der Waals surface area contributed by atoms with Crippen LogP contribution in [-0.2, 0) is 0 Å². The summed E-state index contributed by atoms with van der Waals surface area (Å²) in [4.78, 5) is 0.